The first-order valence-corrected chi connectivity index (χ1v) is 18.1. The lowest BCUT2D eigenvalue weighted by Crippen LogP contribution is -2.28. The third-order valence-corrected chi connectivity index (χ3v) is 11.4. The summed E-state index contributed by atoms with van der Waals surface area (Å²) in [5.74, 6) is 1.81. The van der Waals surface area contributed by atoms with Crippen LogP contribution in [0.1, 0.15) is 22.3 Å². The number of hydrogen-bond donors (Lipinski definition) is 0. The normalized spacial score (nSPS) is 13.3. The molecule has 1 aliphatic carbocycles. The van der Waals surface area contributed by atoms with E-state index >= 15 is 0 Å². The SMILES string of the molecule is c1ccc(-c2cc(-c3ccc4c(c3)C(c3ccccc3)(c3ccccc3)c3ccc5c(c3-4)Sc3ccccc3O5)cc(-c3ccccc3)n2)cc1. The number of pyridine rings is 1. The Hall–Kier alpha value is -6.16. The molecule has 0 bridgehead atoms. The molecule has 0 radical (unpaired) electrons. The molecular weight excluding hydrogens is 639 g/mol. The predicted molar refractivity (Wildman–Crippen MR) is 208 cm³/mol. The van der Waals surface area contributed by atoms with Crippen molar-refractivity contribution in [1.82, 2.24) is 4.98 Å². The van der Waals surface area contributed by atoms with E-state index in [-0.39, 0.29) is 0 Å². The highest BCUT2D eigenvalue weighted by Gasteiger charge is 2.48. The maximum atomic E-state index is 6.57. The van der Waals surface area contributed by atoms with E-state index in [9.17, 15) is 0 Å². The molecule has 0 unspecified atom stereocenters. The number of para-hydroxylation sites is 1. The average molecular weight is 670 g/mol. The van der Waals surface area contributed by atoms with Crippen LogP contribution in [0, 0.1) is 0 Å². The van der Waals surface area contributed by atoms with Gasteiger partial charge < -0.3 is 4.74 Å². The van der Waals surface area contributed by atoms with Gasteiger partial charge in [0.15, 0.2) is 0 Å². The Bertz CT molecular complexity index is 2470. The third-order valence-electron chi connectivity index (χ3n) is 10.2. The van der Waals surface area contributed by atoms with Gasteiger partial charge in [0.05, 0.1) is 26.6 Å². The first kappa shape index (κ1) is 29.7. The molecule has 0 amide bonds. The van der Waals surface area contributed by atoms with Crippen molar-refractivity contribution < 1.29 is 4.74 Å². The molecule has 0 spiro atoms. The summed E-state index contributed by atoms with van der Waals surface area (Å²) >= 11 is 1.81. The van der Waals surface area contributed by atoms with Gasteiger partial charge >= 0.3 is 0 Å². The van der Waals surface area contributed by atoms with E-state index < -0.39 is 5.41 Å². The Balaban J connectivity index is 1.26. The maximum Gasteiger partial charge on any atom is 0.142 e. The van der Waals surface area contributed by atoms with Gasteiger partial charge in [-0.2, -0.15) is 0 Å². The Morgan fingerprint density at radius 1 is 0.431 bits per heavy atom. The number of benzene rings is 7. The van der Waals surface area contributed by atoms with Crippen LogP contribution in [0.25, 0.3) is 44.8 Å². The highest BCUT2D eigenvalue weighted by molar-refractivity contribution is 7.99. The van der Waals surface area contributed by atoms with Gasteiger partial charge in [-0.1, -0.05) is 163 Å². The molecule has 2 aliphatic rings. The van der Waals surface area contributed by atoms with Gasteiger partial charge in [0.25, 0.3) is 0 Å². The molecule has 240 valence electrons. The number of hydrogen-bond acceptors (Lipinski definition) is 3. The largest absolute Gasteiger partial charge is 0.455 e. The highest BCUT2D eigenvalue weighted by Crippen LogP contribution is 2.62. The lowest BCUT2D eigenvalue weighted by Gasteiger charge is -2.34. The standard InChI is InChI=1S/C48H31NOS/c1-5-15-32(16-6-1)41-30-35(31-42(49-41)33-17-7-2-8-18-33)34-25-26-38-40(29-34)48(36-19-9-3-10-20-36,37-21-11-4-12-22-37)39-27-28-44-47(46(38)39)51-45-24-14-13-23-43(45)50-44/h1-31H. The van der Waals surface area contributed by atoms with Crippen LogP contribution in [-0.4, -0.2) is 4.98 Å². The fraction of sp³-hybridized carbons (Fsp3) is 0.0208. The monoisotopic (exact) mass is 669 g/mol. The molecular formula is C48H31NOS. The van der Waals surface area contributed by atoms with Crippen molar-refractivity contribution in [3.63, 3.8) is 0 Å². The summed E-state index contributed by atoms with van der Waals surface area (Å²) in [4.78, 5) is 7.47. The zero-order valence-corrected chi connectivity index (χ0v) is 28.5. The molecule has 0 fully saturated rings. The quantitative estimate of drug-likeness (QED) is 0.182. The summed E-state index contributed by atoms with van der Waals surface area (Å²) < 4.78 is 6.57. The summed E-state index contributed by atoms with van der Waals surface area (Å²) in [5.41, 5.74) is 13.3. The second kappa shape index (κ2) is 12.0. The van der Waals surface area contributed by atoms with E-state index in [1.807, 2.05) is 17.8 Å². The summed E-state index contributed by atoms with van der Waals surface area (Å²) in [6.07, 6.45) is 0. The van der Waals surface area contributed by atoms with Crippen molar-refractivity contribution in [1.29, 1.82) is 0 Å². The molecule has 8 aromatic rings. The Kier molecular flexibility index (Phi) is 7.00. The molecule has 0 N–H and O–H groups in total. The molecule has 51 heavy (non-hydrogen) atoms. The van der Waals surface area contributed by atoms with Crippen molar-refractivity contribution in [3.05, 3.63) is 210 Å². The van der Waals surface area contributed by atoms with Crippen molar-refractivity contribution in [2.24, 2.45) is 0 Å². The van der Waals surface area contributed by atoms with Crippen LogP contribution >= 0.6 is 11.8 Å². The molecule has 10 rings (SSSR count). The maximum absolute atomic E-state index is 6.57. The van der Waals surface area contributed by atoms with Gasteiger partial charge in [-0.05, 0) is 75.3 Å². The van der Waals surface area contributed by atoms with E-state index in [0.717, 1.165) is 54.9 Å². The van der Waals surface area contributed by atoms with Gasteiger partial charge in [0.2, 0.25) is 0 Å². The van der Waals surface area contributed by atoms with Gasteiger partial charge in [0, 0.05) is 16.7 Å². The first-order valence-electron chi connectivity index (χ1n) is 17.3. The molecule has 1 aromatic heterocycles. The lowest BCUT2D eigenvalue weighted by atomic mass is 9.67. The first-order chi connectivity index (χ1) is 25.3. The molecule has 1 aliphatic heterocycles. The van der Waals surface area contributed by atoms with E-state index in [1.165, 1.54) is 33.4 Å². The van der Waals surface area contributed by atoms with Crippen LogP contribution in [0.2, 0.25) is 0 Å². The minimum Gasteiger partial charge on any atom is -0.455 e. The molecule has 3 heteroatoms. The van der Waals surface area contributed by atoms with Crippen LogP contribution in [0.5, 0.6) is 11.5 Å². The van der Waals surface area contributed by atoms with Crippen LogP contribution < -0.4 is 4.74 Å². The summed E-state index contributed by atoms with van der Waals surface area (Å²) in [5, 5.41) is 0. The van der Waals surface area contributed by atoms with Gasteiger partial charge in [0.1, 0.15) is 11.5 Å². The second-order valence-corrected chi connectivity index (χ2v) is 14.1. The van der Waals surface area contributed by atoms with Crippen molar-refractivity contribution in [2.75, 3.05) is 0 Å². The molecule has 0 atom stereocenters. The molecule has 0 saturated heterocycles. The van der Waals surface area contributed by atoms with Crippen molar-refractivity contribution in [2.45, 2.75) is 15.2 Å². The Morgan fingerprint density at radius 2 is 1.00 bits per heavy atom. The van der Waals surface area contributed by atoms with Crippen LogP contribution in [0.15, 0.2) is 198 Å². The second-order valence-electron chi connectivity index (χ2n) is 13.1. The topological polar surface area (TPSA) is 22.1 Å². The smallest absolute Gasteiger partial charge is 0.142 e. The van der Waals surface area contributed by atoms with Crippen LogP contribution in [0.4, 0.5) is 0 Å². The summed E-state index contributed by atoms with van der Waals surface area (Å²) in [6.45, 7) is 0. The predicted octanol–water partition coefficient (Wildman–Crippen LogP) is 12.7. The molecule has 0 saturated carbocycles. The van der Waals surface area contributed by atoms with E-state index in [4.69, 9.17) is 9.72 Å². The van der Waals surface area contributed by atoms with Crippen molar-refractivity contribution in [3.8, 4) is 56.3 Å². The minimum absolute atomic E-state index is 0.548. The Labute approximate surface area is 302 Å². The number of rotatable bonds is 5. The number of nitrogens with zero attached hydrogens (tertiary/aromatic N) is 1. The van der Waals surface area contributed by atoms with E-state index in [0.29, 0.717) is 0 Å². The van der Waals surface area contributed by atoms with Gasteiger partial charge in [-0.3, -0.25) is 0 Å². The third kappa shape index (κ3) is 4.77. The van der Waals surface area contributed by atoms with Gasteiger partial charge in [-0.15, -0.1) is 0 Å². The van der Waals surface area contributed by atoms with Crippen molar-refractivity contribution >= 4 is 11.8 Å². The molecule has 2 nitrogen and oxygen atoms in total. The summed E-state index contributed by atoms with van der Waals surface area (Å²) in [6, 6.07) is 67.3. The summed E-state index contributed by atoms with van der Waals surface area (Å²) in [7, 11) is 0. The Morgan fingerprint density at radius 3 is 1.63 bits per heavy atom. The minimum atomic E-state index is -0.548. The van der Waals surface area contributed by atoms with Gasteiger partial charge in [-0.25, -0.2) is 4.98 Å². The lowest BCUT2D eigenvalue weighted by molar-refractivity contribution is 0.454. The number of aromatic nitrogens is 1. The zero-order chi connectivity index (χ0) is 33.8. The van der Waals surface area contributed by atoms with Crippen LogP contribution in [0.3, 0.4) is 0 Å². The van der Waals surface area contributed by atoms with E-state index in [1.54, 1.807) is 0 Å². The molecule has 2 heterocycles. The zero-order valence-electron chi connectivity index (χ0n) is 27.7. The number of ether oxygens (including phenoxy) is 1. The number of fused-ring (bicyclic) bond motifs is 6. The fourth-order valence-electron chi connectivity index (χ4n) is 7.95. The fourth-order valence-corrected chi connectivity index (χ4v) is 9.05. The average Bonchev–Trinajstić information content (AvgIpc) is 3.52. The molecule has 7 aromatic carbocycles. The van der Waals surface area contributed by atoms with E-state index in [2.05, 4.69) is 182 Å². The van der Waals surface area contributed by atoms with Crippen LogP contribution in [-0.2, 0) is 5.41 Å². The highest BCUT2D eigenvalue weighted by atomic mass is 32.2.